The first kappa shape index (κ1) is 23.2. The van der Waals surface area contributed by atoms with Crippen LogP contribution in [0.1, 0.15) is 55.8 Å². The fourth-order valence-corrected chi connectivity index (χ4v) is 4.04. The molecule has 1 heterocycles. The molecule has 7 heteroatoms. The molecule has 0 unspecified atom stereocenters. The molecule has 0 aliphatic carbocycles. The number of aliphatic hydroxyl groups is 1. The molecule has 4 N–H and O–H groups in total. The lowest BCUT2D eigenvalue weighted by Crippen LogP contribution is -2.48. The summed E-state index contributed by atoms with van der Waals surface area (Å²) in [5.41, 5.74) is 3.87. The highest BCUT2D eigenvalue weighted by Gasteiger charge is 2.25. The third kappa shape index (κ3) is 6.24. The Balaban J connectivity index is 1.70. The molecule has 5 nitrogen and oxygen atoms in total. The zero-order valence-electron chi connectivity index (χ0n) is 18.2. The molecule has 1 aliphatic heterocycles. The van der Waals surface area contributed by atoms with E-state index in [1.807, 2.05) is 0 Å². The molecule has 2 aromatic rings. The van der Waals surface area contributed by atoms with Gasteiger partial charge < -0.3 is 21.1 Å². The average Bonchev–Trinajstić information content (AvgIpc) is 2.70. The number of carbonyl (C=O) groups excluding carboxylic acids is 1. The number of amides is 1. The van der Waals surface area contributed by atoms with Crippen molar-refractivity contribution in [3.05, 3.63) is 64.7 Å². The number of rotatable bonds is 8. The number of hydrogen-bond acceptors (Lipinski definition) is 4. The Morgan fingerprint density at radius 3 is 2.55 bits per heavy atom. The smallest absolute Gasteiger partial charge is 0.217 e. The van der Waals surface area contributed by atoms with Gasteiger partial charge in [0.05, 0.1) is 12.1 Å². The molecule has 31 heavy (non-hydrogen) atoms. The van der Waals surface area contributed by atoms with Crippen LogP contribution in [0.15, 0.2) is 36.4 Å². The first-order valence-electron chi connectivity index (χ1n) is 10.7. The second-order valence-corrected chi connectivity index (χ2v) is 8.53. The van der Waals surface area contributed by atoms with Gasteiger partial charge >= 0.3 is 0 Å². The van der Waals surface area contributed by atoms with Crippen molar-refractivity contribution in [1.29, 1.82) is 0 Å². The molecule has 0 radical (unpaired) electrons. The van der Waals surface area contributed by atoms with E-state index in [9.17, 15) is 18.7 Å². The molecular weight excluding hydrogens is 400 g/mol. The van der Waals surface area contributed by atoms with Crippen LogP contribution >= 0.6 is 0 Å². The molecule has 0 saturated heterocycles. The van der Waals surface area contributed by atoms with Gasteiger partial charge in [-0.3, -0.25) is 4.79 Å². The summed E-state index contributed by atoms with van der Waals surface area (Å²) < 4.78 is 27.1. The maximum Gasteiger partial charge on any atom is 0.217 e. The predicted molar refractivity (Wildman–Crippen MR) is 118 cm³/mol. The van der Waals surface area contributed by atoms with Crippen LogP contribution in [0.3, 0.4) is 0 Å². The maximum absolute atomic E-state index is 13.6. The molecule has 0 bridgehead atoms. The zero-order chi connectivity index (χ0) is 22.5. The normalized spacial score (nSPS) is 17.6. The largest absolute Gasteiger partial charge is 0.390 e. The maximum atomic E-state index is 13.6. The molecule has 1 aliphatic rings. The quantitative estimate of drug-likeness (QED) is 0.515. The summed E-state index contributed by atoms with van der Waals surface area (Å²) in [5, 5.41) is 20.3. The van der Waals surface area contributed by atoms with Crippen molar-refractivity contribution in [2.24, 2.45) is 0 Å². The fourth-order valence-electron chi connectivity index (χ4n) is 4.04. The van der Waals surface area contributed by atoms with Gasteiger partial charge in [-0.15, -0.1) is 0 Å². The highest BCUT2D eigenvalue weighted by Crippen LogP contribution is 2.32. The molecule has 3 rings (SSSR count). The molecule has 3 atom stereocenters. The zero-order valence-corrected chi connectivity index (χ0v) is 18.2. The number of aliphatic hydroxyl groups excluding tert-OH is 1. The van der Waals surface area contributed by atoms with Crippen molar-refractivity contribution in [3.8, 4) is 0 Å². The minimum Gasteiger partial charge on any atom is -0.390 e. The number of fused-ring (bicyclic) bond motifs is 1. The van der Waals surface area contributed by atoms with Crippen molar-refractivity contribution in [1.82, 2.24) is 10.6 Å². The third-order valence-corrected chi connectivity index (χ3v) is 5.67. The summed E-state index contributed by atoms with van der Waals surface area (Å²) in [7, 11) is 0. The Labute approximate surface area is 182 Å². The highest BCUT2D eigenvalue weighted by molar-refractivity contribution is 5.73. The monoisotopic (exact) mass is 431 g/mol. The van der Waals surface area contributed by atoms with Crippen molar-refractivity contribution in [3.63, 3.8) is 0 Å². The summed E-state index contributed by atoms with van der Waals surface area (Å²) in [4.78, 5) is 11.7. The second-order valence-electron chi connectivity index (χ2n) is 8.53. The molecule has 2 aromatic carbocycles. The number of benzene rings is 2. The van der Waals surface area contributed by atoms with E-state index in [4.69, 9.17) is 0 Å². The molecule has 0 fully saturated rings. The van der Waals surface area contributed by atoms with Gasteiger partial charge in [-0.25, -0.2) is 8.78 Å². The number of nitrogens with one attached hydrogen (secondary N) is 3. The second kappa shape index (κ2) is 10.2. The van der Waals surface area contributed by atoms with Gasteiger partial charge in [0.25, 0.3) is 0 Å². The first-order chi connectivity index (χ1) is 14.7. The molecule has 1 amide bonds. The van der Waals surface area contributed by atoms with E-state index in [2.05, 4.69) is 48.0 Å². The number of anilines is 1. The highest BCUT2D eigenvalue weighted by atomic mass is 19.1. The van der Waals surface area contributed by atoms with Crippen molar-refractivity contribution < 1.29 is 18.7 Å². The van der Waals surface area contributed by atoms with Crippen molar-refractivity contribution >= 4 is 11.6 Å². The topological polar surface area (TPSA) is 73.4 Å². The predicted octanol–water partition coefficient (Wildman–Crippen LogP) is 3.64. The Bertz CT molecular complexity index is 899. The van der Waals surface area contributed by atoms with E-state index >= 15 is 0 Å². The summed E-state index contributed by atoms with van der Waals surface area (Å²) >= 11 is 0. The van der Waals surface area contributed by atoms with Gasteiger partial charge in [-0.1, -0.05) is 26.0 Å². The summed E-state index contributed by atoms with van der Waals surface area (Å²) in [6, 6.07) is 9.03. The van der Waals surface area contributed by atoms with Crippen LogP contribution < -0.4 is 16.0 Å². The van der Waals surface area contributed by atoms with Crippen molar-refractivity contribution in [2.75, 3.05) is 18.4 Å². The van der Waals surface area contributed by atoms with Crippen LogP contribution in [0.2, 0.25) is 0 Å². The van der Waals surface area contributed by atoms with Gasteiger partial charge in [-0.05, 0) is 53.6 Å². The van der Waals surface area contributed by atoms with E-state index in [1.165, 1.54) is 24.6 Å². The van der Waals surface area contributed by atoms with E-state index in [1.54, 1.807) is 0 Å². The average molecular weight is 432 g/mol. The molecule has 0 saturated carbocycles. The SMILES string of the molecule is CC(=O)N[C@@H](Cc1cc(F)cc(F)c1)[C@H](O)CN[C@H]1CCNc2ccc(C(C)C)cc21. The Morgan fingerprint density at radius 1 is 1.19 bits per heavy atom. The lowest BCUT2D eigenvalue weighted by Gasteiger charge is -2.31. The van der Waals surface area contributed by atoms with E-state index in [0.29, 0.717) is 11.5 Å². The fraction of sp³-hybridized carbons (Fsp3) is 0.458. The molecule has 0 spiro atoms. The van der Waals surface area contributed by atoms with Gasteiger partial charge in [0.2, 0.25) is 5.91 Å². The number of hydrogen-bond donors (Lipinski definition) is 4. The van der Waals surface area contributed by atoms with Crippen LogP contribution in [0.5, 0.6) is 0 Å². The van der Waals surface area contributed by atoms with Gasteiger partial charge in [0, 0.05) is 37.8 Å². The van der Waals surface area contributed by atoms with Crippen molar-refractivity contribution in [2.45, 2.75) is 57.7 Å². The third-order valence-electron chi connectivity index (χ3n) is 5.67. The minimum atomic E-state index is -0.929. The van der Waals surface area contributed by atoms with Crippen LogP contribution in [0.25, 0.3) is 0 Å². The summed E-state index contributed by atoms with van der Waals surface area (Å²) in [5.74, 6) is -1.27. The van der Waals surface area contributed by atoms with Crippen LogP contribution in [-0.4, -0.2) is 36.2 Å². The number of carbonyl (C=O) groups is 1. The van der Waals surface area contributed by atoms with E-state index in [-0.39, 0.29) is 24.9 Å². The Morgan fingerprint density at radius 2 is 1.90 bits per heavy atom. The van der Waals surface area contributed by atoms with Gasteiger partial charge in [0.1, 0.15) is 11.6 Å². The Hall–Kier alpha value is -2.51. The summed E-state index contributed by atoms with van der Waals surface area (Å²) in [6.45, 7) is 6.71. The first-order valence-corrected chi connectivity index (χ1v) is 10.7. The van der Waals surface area contributed by atoms with Gasteiger partial charge in [-0.2, -0.15) is 0 Å². The standard InChI is InChI=1S/C24H31F2N3O2/c1-14(2)17-4-5-21-20(11-17)22(6-7-27-21)28-13-24(31)23(29-15(3)30)10-16-8-18(25)12-19(26)9-16/h4-5,8-9,11-12,14,22-24,27-28,31H,6-7,10,13H2,1-3H3,(H,29,30)/t22-,23-,24+/m0/s1. The van der Waals surface area contributed by atoms with Crippen LogP contribution in [0, 0.1) is 11.6 Å². The molecular formula is C24H31F2N3O2. The molecule has 168 valence electrons. The van der Waals surface area contributed by atoms with E-state index < -0.39 is 23.8 Å². The summed E-state index contributed by atoms with van der Waals surface area (Å²) in [6.07, 6.45) is 0.0559. The minimum absolute atomic E-state index is 0.0641. The van der Waals surface area contributed by atoms with Crippen LogP contribution in [-0.2, 0) is 11.2 Å². The Kier molecular flexibility index (Phi) is 7.62. The lowest BCUT2D eigenvalue weighted by molar-refractivity contribution is -0.120. The lowest BCUT2D eigenvalue weighted by atomic mass is 9.92. The van der Waals surface area contributed by atoms with E-state index in [0.717, 1.165) is 30.3 Å². The number of halogens is 2. The van der Waals surface area contributed by atoms with Crippen LogP contribution in [0.4, 0.5) is 14.5 Å². The molecule has 0 aromatic heterocycles. The van der Waals surface area contributed by atoms with Gasteiger partial charge in [0.15, 0.2) is 0 Å².